The van der Waals surface area contributed by atoms with Gasteiger partial charge >= 0.3 is 0 Å². The molecule has 2 nitrogen and oxygen atoms in total. The van der Waals surface area contributed by atoms with Gasteiger partial charge in [-0.05, 0) is 29.0 Å². The molecule has 0 aliphatic heterocycles. The van der Waals surface area contributed by atoms with Crippen molar-refractivity contribution in [3.8, 4) is 0 Å². The Morgan fingerprint density at radius 1 is 1.16 bits per heavy atom. The van der Waals surface area contributed by atoms with Crippen molar-refractivity contribution < 1.29 is 4.74 Å². The summed E-state index contributed by atoms with van der Waals surface area (Å²) in [5.74, 6) is 0. The Morgan fingerprint density at radius 2 is 1.95 bits per heavy atom. The number of hydrogen-bond donors (Lipinski definition) is 1. The lowest BCUT2D eigenvalue weighted by molar-refractivity contribution is 0.184. The van der Waals surface area contributed by atoms with E-state index in [1.807, 2.05) is 11.3 Å². The third-order valence-corrected chi connectivity index (χ3v) is 4.24. The predicted molar refractivity (Wildman–Crippen MR) is 81.3 cm³/mol. The Hall–Kier alpha value is -1.16. The van der Waals surface area contributed by atoms with Crippen LogP contribution >= 0.6 is 11.3 Å². The summed E-state index contributed by atoms with van der Waals surface area (Å²) in [5.41, 5.74) is 2.58. The highest BCUT2D eigenvalue weighted by molar-refractivity contribution is 7.10. The normalized spacial score (nSPS) is 12.5. The Labute approximate surface area is 119 Å². The van der Waals surface area contributed by atoms with E-state index in [0.717, 1.165) is 13.0 Å². The topological polar surface area (TPSA) is 21.3 Å². The van der Waals surface area contributed by atoms with E-state index in [0.29, 0.717) is 12.6 Å². The first-order valence-corrected chi connectivity index (χ1v) is 7.55. The first-order valence-electron chi connectivity index (χ1n) is 6.67. The lowest BCUT2D eigenvalue weighted by Gasteiger charge is -2.17. The van der Waals surface area contributed by atoms with E-state index in [1.54, 1.807) is 7.11 Å². The van der Waals surface area contributed by atoms with Crippen molar-refractivity contribution in [2.75, 3.05) is 7.11 Å². The molecule has 1 atom stereocenters. The minimum Gasteiger partial charge on any atom is -0.380 e. The second-order valence-electron chi connectivity index (χ2n) is 4.56. The summed E-state index contributed by atoms with van der Waals surface area (Å²) in [6, 6.07) is 13.2. The number of nitrogens with one attached hydrogen (secondary N) is 1. The molecule has 1 unspecified atom stereocenters. The molecule has 0 bridgehead atoms. The summed E-state index contributed by atoms with van der Waals surface area (Å²) in [4.78, 5) is 1.41. The van der Waals surface area contributed by atoms with Gasteiger partial charge in [0.2, 0.25) is 0 Å². The Morgan fingerprint density at radius 3 is 2.58 bits per heavy atom. The molecule has 1 N–H and O–H groups in total. The standard InChI is InChI=1S/C16H21NOS/c1-3-15(16-9-6-10-19-16)17-11-13-7-4-5-8-14(13)12-18-2/h4-10,15,17H,3,11-12H2,1-2H3. The lowest BCUT2D eigenvalue weighted by Crippen LogP contribution is -2.20. The molecule has 2 rings (SSSR count). The average Bonchev–Trinajstić information content (AvgIpc) is 2.96. The van der Waals surface area contributed by atoms with E-state index in [2.05, 4.69) is 54.0 Å². The Balaban J connectivity index is 2.01. The molecule has 0 saturated heterocycles. The van der Waals surface area contributed by atoms with Gasteiger partial charge in [-0.3, -0.25) is 0 Å². The van der Waals surface area contributed by atoms with Crippen LogP contribution < -0.4 is 5.32 Å². The van der Waals surface area contributed by atoms with Crippen molar-refractivity contribution in [2.45, 2.75) is 32.5 Å². The van der Waals surface area contributed by atoms with Crippen LogP contribution in [-0.2, 0) is 17.9 Å². The van der Waals surface area contributed by atoms with Gasteiger partial charge < -0.3 is 10.1 Å². The van der Waals surface area contributed by atoms with Gasteiger partial charge in [0.05, 0.1) is 6.61 Å². The van der Waals surface area contributed by atoms with E-state index in [9.17, 15) is 0 Å². The van der Waals surface area contributed by atoms with Crippen LogP contribution in [0.4, 0.5) is 0 Å². The maximum Gasteiger partial charge on any atom is 0.0716 e. The van der Waals surface area contributed by atoms with Crippen LogP contribution in [0.2, 0.25) is 0 Å². The quantitative estimate of drug-likeness (QED) is 0.820. The molecule has 0 amide bonds. The van der Waals surface area contributed by atoms with E-state index in [1.165, 1.54) is 16.0 Å². The highest BCUT2D eigenvalue weighted by Gasteiger charge is 2.10. The molecule has 102 valence electrons. The minimum absolute atomic E-state index is 0.440. The molecule has 1 aromatic heterocycles. The van der Waals surface area contributed by atoms with E-state index >= 15 is 0 Å². The van der Waals surface area contributed by atoms with Gasteiger partial charge in [-0.2, -0.15) is 0 Å². The van der Waals surface area contributed by atoms with Crippen molar-refractivity contribution in [2.24, 2.45) is 0 Å². The smallest absolute Gasteiger partial charge is 0.0716 e. The number of benzene rings is 1. The first kappa shape index (κ1) is 14.3. The van der Waals surface area contributed by atoms with Gasteiger partial charge in [0.15, 0.2) is 0 Å². The summed E-state index contributed by atoms with van der Waals surface area (Å²) >= 11 is 1.82. The molecule has 0 radical (unpaired) electrons. The van der Waals surface area contributed by atoms with Gasteiger partial charge in [-0.25, -0.2) is 0 Å². The molecule has 2 aromatic rings. The monoisotopic (exact) mass is 275 g/mol. The van der Waals surface area contributed by atoms with Crippen molar-refractivity contribution in [3.63, 3.8) is 0 Å². The molecule has 0 saturated carbocycles. The van der Waals surface area contributed by atoms with Gasteiger partial charge in [-0.1, -0.05) is 37.3 Å². The summed E-state index contributed by atoms with van der Waals surface area (Å²) in [5, 5.41) is 5.78. The second kappa shape index (κ2) is 7.43. The number of rotatable bonds is 7. The highest BCUT2D eigenvalue weighted by atomic mass is 32.1. The van der Waals surface area contributed by atoms with Gasteiger partial charge in [-0.15, -0.1) is 11.3 Å². The number of hydrogen-bond acceptors (Lipinski definition) is 3. The molecule has 0 aliphatic carbocycles. The van der Waals surface area contributed by atoms with Gasteiger partial charge in [0, 0.05) is 24.6 Å². The summed E-state index contributed by atoms with van der Waals surface area (Å²) in [6.07, 6.45) is 1.10. The Bertz CT molecular complexity index is 481. The zero-order valence-electron chi connectivity index (χ0n) is 11.6. The number of methoxy groups -OCH3 is 1. The van der Waals surface area contributed by atoms with E-state index in [-0.39, 0.29) is 0 Å². The van der Waals surface area contributed by atoms with E-state index < -0.39 is 0 Å². The molecule has 0 spiro atoms. The van der Waals surface area contributed by atoms with Crippen molar-refractivity contribution in [1.82, 2.24) is 5.32 Å². The molecule has 0 aliphatic rings. The van der Waals surface area contributed by atoms with Crippen molar-refractivity contribution in [3.05, 3.63) is 57.8 Å². The molecular formula is C16H21NOS. The van der Waals surface area contributed by atoms with Crippen molar-refractivity contribution >= 4 is 11.3 Å². The fraction of sp³-hybridized carbons (Fsp3) is 0.375. The third kappa shape index (κ3) is 3.90. The molecule has 1 heterocycles. The second-order valence-corrected chi connectivity index (χ2v) is 5.54. The number of thiophene rings is 1. The van der Waals surface area contributed by atoms with Crippen LogP contribution in [0.15, 0.2) is 41.8 Å². The van der Waals surface area contributed by atoms with Crippen LogP contribution in [0.3, 0.4) is 0 Å². The predicted octanol–water partition coefficient (Wildman–Crippen LogP) is 4.14. The maximum atomic E-state index is 5.25. The zero-order valence-corrected chi connectivity index (χ0v) is 12.4. The summed E-state index contributed by atoms with van der Waals surface area (Å²) in [6.45, 7) is 3.78. The molecule has 0 fully saturated rings. The van der Waals surface area contributed by atoms with Gasteiger partial charge in [0.25, 0.3) is 0 Å². The van der Waals surface area contributed by atoms with E-state index in [4.69, 9.17) is 4.74 Å². The minimum atomic E-state index is 0.440. The fourth-order valence-electron chi connectivity index (χ4n) is 2.20. The summed E-state index contributed by atoms with van der Waals surface area (Å²) in [7, 11) is 1.74. The fourth-order valence-corrected chi connectivity index (χ4v) is 3.08. The van der Waals surface area contributed by atoms with Crippen LogP contribution in [0.1, 0.15) is 35.4 Å². The van der Waals surface area contributed by atoms with Crippen LogP contribution in [0.5, 0.6) is 0 Å². The molecule has 1 aromatic carbocycles. The molecular weight excluding hydrogens is 254 g/mol. The first-order chi connectivity index (χ1) is 9.35. The van der Waals surface area contributed by atoms with Crippen LogP contribution in [-0.4, -0.2) is 7.11 Å². The summed E-state index contributed by atoms with van der Waals surface area (Å²) < 4.78 is 5.25. The molecule has 19 heavy (non-hydrogen) atoms. The third-order valence-electron chi connectivity index (χ3n) is 3.25. The van der Waals surface area contributed by atoms with Crippen LogP contribution in [0, 0.1) is 0 Å². The molecule has 3 heteroatoms. The maximum absolute atomic E-state index is 5.25. The SMILES string of the molecule is CCC(NCc1ccccc1COC)c1cccs1. The lowest BCUT2D eigenvalue weighted by atomic mass is 10.1. The van der Waals surface area contributed by atoms with Crippen molar-refractivity contribution in [1.29, 1.82) is 0 Å². The Kier molecular flexibility index (Phi) is 5.58. The number of ether oxygens (including phenoxy) is 1. The zero-order chi connectivity index (χ0) is 13.5. The largest absolute Gasteiger partial charge is 0.380 e. The van der Waals surface area contributed by atoms with Gasteiger partial charge in [0.1, 0.15) is 0 Å². The highest BCUT2D eigenvalue weighted by Crippen LogP contribution is 2.22. The van der Waals surface area contributed by atoms with Crippen LogP contribution in [0.25, 0.3) is 0 Å². The average molecular weight is 275 g/mol.